The van der Waals surface area contributed by atoms with Crippen LogP contribution in [0.5, 0.6) is 0 Å². The van der Waals surface area contributed by atoms with Gasteiger partial charge < -0.3 is 24.8 Å². The molecule has 0 saturated heterocycles. The van der Waals surface area contributed by atoms with Crippen LogP contribution in [0.15, 0.2) is 16.7 Å². The molecule has 0 nitrogen and oxygen atoms in total. The Kier molecular flexibility index (Phi) is 9.23. The summed E-state index contributed by atoms with van der Waals surface area (Å²) in [6.45, 7) is 10.9. The van der Waals surface area contributed by atoms with Crippen LogP contribution in [0.2, 0.25) is 0 Å². The summed E-state index contributed by atoms with van der Waals surface area (Å²) in [6, 6.07) is 0. The Balaban J connectivity index is -0.000000333. The Hall–Kier alpha value is 0.683. The molecule has 3 heteroatoms. The van der Waals surface area contributed by atoms with Crippen molar-refractivity contribution in [2.45, 2.75) is 34.6 Å². The average molecular weight is 307 g/mol. The molecule has 1 aliphatic rings. The maximum atomic E-state index is 3.44. The van der Waals surface area contributed by atoms with Gasteiger partial charge in [-0.1, -0.05) is 33.1 Å². The van der Waals surface area contributed by atoms with Crippen molar-refractivity contribution in [2.75, 3.05) is 0 Å². The van der Waals surface area contributed by atoms with E-state index in [9.17, 15) is 0 Å². The van der Waals surface area contributed by atoms with Crippen LogP contribution in [0.3, 0.4) is 0 Å². The van der Waals surface area contributed by atoms with E-state index in [2.05, 4.69) is 40.7 Å². The van der Waals surface area contributed by atoms with Gasteiger partial charge in [-0.15, -0.1) is 6.92 Å². The second-order valence-electron chi connectivity index (χ2n) is 3.62. The summed E-state index contributed by atoms with van der Waals surface area (Å²) in [5, 5.41) is 0. The van der Waals surface area contributed by atoms with Gasteiger partial charge in [0, 0.05) is 0 Å². The van der Waals surface area contributed by atoms with E-state index in [4.69, 9.17) is 0 Å². The molecule has 13 heavy (non-hydrogen) atoms. The minimum Gasteiger partial charge on any atom is -1.00 e. The maximum Gasteiger partial charge on any atom is 3.00 e. The SMILES string of the molecule is CC1=[C-]C(C)(C)C(C)=C1C.[Cl-].[Cl-].[Ru+3]. The fraction of sp³-hybridized carbons (Fsp3) is 0.600. The topological polar surface area (TPSA) is 0 Å². The first-order valence-corrected chi connectivity index (χ1v) is 3.75. The summed E-state index contributed by atoms with van der Waals surface area (Å²) in [5.74, 6) is 0. The third kappa shape index (κ3) is 3.74. The van der Waals surface area contributed by atoms with Crippen molar-refractivity contribution in [3.63, 3.8) is 0 Å². The van der Waals surface area contributed by atoms with Crippen LogP contribution < -0.4 is 24.8 Å². The van der Waals surface area contributed by atoms with E-state index in [1.165, 1.54) is 16.7 Å². The zero-order chi connectivity index (χ0) is 7.94. The van der Waals surface area contributed by atoms with Gasteiger partial charge in [-0.2, -0.15) is 11.1 Å². The fourth-order valence-corrected chi connectivity index (χ4v) is 1.41. The van der Waals surface area contributed by atoms with Gasteiger partial charge in [0.15, 0.2) is 0 Å². The maximum absolute atomic E-state index is 3.44. The Morgan fingerprint density at radius 3 is 1.46 bits per heavy atom. The van der Waals surface area contributed by atoms with Gasteiger partial charge >= 0.3 is 19.5 Å². The predicted molar refractivity (Wildman–Crippen MR) is 44.6 cm³/mol. The Labute approximate surface area is 107 Å². The van der Waals surface area contributed by atoms with E-state index < -0.39 is 0 Å². The normalized spacial score (nSPS) is 18.1. The summed E-state index contributed by atoms with van der Waals surface area (Å²) < 4.78 is 0. The molecular weight excluding hydrogens is 292 g/mol. The van der Waals surface area contributed by atoms with E-state index in [0.717, 1.165) is 0 Å². The standard InChI is InChI=1S/C10H15.2ClH.Ru/c1-7-6-10(4,5)9(3)8(7)2;;;/h1-5H3;2*1H;/q-1;;;+3/p-2. The number of allylic oxidation sites excluding steroid dienone is 4. The molecule has 1 rings (SSSR count). The van der Waals surface area contributed by atoms with Gasteiger partial charge in [0.25, 0.3) is 0 Å². The van der Waals surface area contributed by atoms with E-state index in [1.807, 2.05) is 0 Å². The second kappa shape index (κ2) is 6.22. The van der Waals surface area contributed by atoms with E-state index >= 15 is 0 Å². The van der Waals surface area contributed by atoms with Gasteiger partial charge in [-0.3, -0.25) is 6.08 Å². The van der Waals surface area contributed by atoms with E-state index in [0.29, 0.717) is 0 Å². The van der Waals surface area contributed by atoms with Crippen LogP contribution in [0.25, 0.3) is 0 Å². The van der Waals surface area contributed by atoms with Crippen molar-refractivity contribution in [3.8, 4) is 0 Å². The summed E-state index contributed by atoms with van der Waals surface area (Å²) in [6.07, 6.45) is 3.44. The van der Waals surface area contributed by atoms with Crippen molar-refractivity contribution in [3.05, 3.63) is 22.8 Å². The molecule has 0 aromatic heterocycles. The largest absolute Gasteiger partial charge is 3.00 e. The number of rotatable bonds is 0. The summed E-state index contributed by atoms with van der Waals surface area (Å²) in [7, 11) is 0. The Bertz CT molecular complexity index is 227. The Morgan fingerprint density at radius 1 is 1.00 bits per heavy atom. The quantitative estimate of drug-likeness (QED) is 0.333. The average Bonchev–Trinajstić information content (AvgIpc) is 1.95. The molecule has 0 atom stereocenters. The molecule has 0 amide bonds. The van der Waals surface area contributed by atoms with Crippen molar-refractivity contribution < 1.29 is 44.3 Å². The molecule has 0 saturated carbocycles. The molecule has 0 bridgehead atoms. The third-order valence-corrected chi connectivity index (χ3v) is 2.56. The molecule has 0 unspecified atom stereocenters. The van der Waals surface area contributed by atoms with Crippen molar-refractivity contribution in [1.82, 2.24) is 0 Å². The third-order valence-electron chi connectivity index (χ3n) is 2.56. The smallest absolute Gasteiger partial charge is 1.00 e. The zero-order valence-electron chi connectivity index (χ0n) is 8.61. The predicted octanol–water partition coefficient (Wildman–Crippen LogP) is -2.88. The summed E-state index contributed by atoms with van der Waals surface area (Å²) in [5.41, 5.74) is 4.39. The summed E-state index contributed by atoms with van der Waals surface area (Å²) in [4.78, 5) is 0. The first-order chi connectivity index (χ1) is 4.45. The van der Waals surface area contributed by atoms with Gasteiger partial charge in [-0.05, 0) is 0 Å². The van der Waals surface area contributed by atoms with Crippen molar-refractivity contribution in [1.29, 1.82) is 0 Å². The van der Waals surface area contributed by atoms with Gasteiger partial charge in [0.05, 0.1) is 0 Å². The molecule has 0 heterocycles. The molecule has 0 aromatic carbocycles. The van der Waals surface area contributed by atoms with Gasteiger partial charge in [-0.25, -0.2) is 5.57 Å². The van der Waals surface area contributed by atoms with Crippen LogP contribution in [-0.2, 0) is 19.5 Å². The van der Waals surface area contributed by atoms with E-state index in [-0.39, 0.29) is 49.7 Å². The molecule has 1 radical (unpaired) electrons. The summed E-state index contributed by atoms with van der Waals surface area (Å²) >= 11 is 0. The molecule has 0 N–H and O–H groups in total. The molecule has 1 aliphatic carbocycles. The van der Waals surface area contributed by atoms with Crippen LogP contribution in [0.1, 0.15) is 34.6 Å². The molecular formula is C10H15Cl2Ru. The first-order valence-electron chi connectivity index (χ1n) is 3.75. The number of halogens is 2. The number of hydrogen-bond acceptors (Lipinski definition) is 0. The van der Waals surface area contributed by atoms with Crippen LogP contribution in [0, 0.1) is 11.5 Å². The minimum atomic E-state index is 0. The monoisotopic (exact) mass is 307 g/mol. The van der Waals surface area contributed by atoms with Gasteiger partial charge in [0.1, 0.15) is 0 Å². The van der Waals surface area contributed by atoms with Crippen molar-refractivity contribution >= 4 is 0 Å². The second-order valence-corrected chi connectivity index (χ2v) is 3.62. The van der Waals surface area contributed by atoms with Gasteiger partial charge in [0.2, 0.25) is 0 Å². The minimum absolute atomic E-state index is 0. The first kappa shape index (κ1) is 19.3. The zero-order valence-corrected chi connectivity index (χ0v) is 11.9. The van der Waals surface area contributed by atoms with Crippen LogP contribution in [0.4, 0.5) is 0 Å². The fourth-order valence-electron chi connectivity index (χ4n) is 1.41. The van der Waals surface area contributed by atoms with E-state index in [1.54, 1.807) is 0 Å². The molecule has 0 spiro atoms. The Morgan fingerprint density at radius 2 is 1.38 bits per heavy atom. The molecule has 0 aromatic rings. The van der Waals surface area contributed by atoms with Crippen LogP contribution in [-0.4, -0.2) is 0 Å². The van der Waals surface area contributed by atoms with Crippen LogP contribution >= 0.6 is 0 Å². The molecule has 0 aliphatic heterocycles. The molecule has 0 fully saturated rings. The number of hydrogen-bond donors (Lipinski definition) is 0. The molecule has 77 valence electrons. The van der Waals surface area contributed by atoms with Crippen molar-refractivity contribution in [2.24, 2.45) is 5.41 Å².